The highest BCUT2D eigenvalue weighted by Gasteiger charge is 2.48. The number of thiazole rings is 1. The molecule has 3 amide bonds. The molecular formula is C16H17N3O2S. The molecule has 1 N–H and O–H groups in total. The quantitative estimate of drug-likeness (QED) is 0.879. The number of benzene rings is 1. The number of nitrogens with one attached hydrogen (secondary N) is 1. The fourth-order valence-electron chi connectivity index (χ4n) is 2.64. The molecule has 6 heteroatoms. The van der Waals surface area contributed by atoms with E-state index >= 15 is 0 Å². The van der Waals surface area contributed by atoms with E-state index in [1.807, 2.05) is 37.3 Å². The van der Waals surface area contributed by atoms with E-state index in [0.29, 0.717) is 12.2 Å². The number of nitrogens with zero attached hydrogens (tertiary/aromatic N) is 2. The maximum Gasteiger partial charge on any atom is 0.330 e. The smallest absolute Gasteiger partial charge is 0.323 e. The molecule has 1 saturated heterocycles. The summed E-state index contributed by atoms with van der Waals surface area (Å²) in [4.78, 5) is 30.4. The molecular weight excluding hydrogens is 298 g/mol. The van der Waals surface area contributed by atoms with Crippen LogP contribution in [0.5, 0.6) is 0 Å². The van der Waals surface area contributed by atoms with Gasteiger partial charge in [-0.1, -0.05) is 43.7 Å². The van der Waals surface area contributed by atoms with Crippen LogP contribution < -0.4 is 10.2 Å². The Kier molecular flexibility index (Phi) is 3.70. The number of carbonyl (C=O) groups is 2. The second-order valence-corrected chi connectivity index (χ2v) is 6.39. The number of anilines is 1. The Morgan fingerprint density at radius 1 is 1.27 bits per heavy atom. The van der Waals surface area contributed by atoms with Crippen LogP contribution in [-0.2, 0) is 4.79 Å². The zero-order valence-corrected chi connectivity index (χ0v) is 13.3. The molecule has 0 bridgehead atoms. The van der Waals surface area contributed by atoms with E-state index in [9.17, 15) is 9.59 Å². The van der Waals surface area contributed by atoms with Gasteiger partial charge in [0.1, 0.15) is 10.5 Å². The Bertz CT molecular complexity index is 713. The summed E-state index contributed by atoms with van der Waals surface area (Å²) < 4.78 is 0. The zero-order chi connectivity index (χ0) is 15.7. The topological polar surface area (TPSA) is 62.3 Å². The average molecular weight is 315 g/mol. The molecule has 2 heterocycles. The highest BCUT2D eigenvalue weighted by atomic mass is 32.1. The highest BCUT2D eigenvalue weighted by molar-refractivity contribution is 7.13. The average Bonchev–Trinajstić information content (AvgIpc) is 3.05. The van der Waals surface area contributed by atoms with E-state index in [2.05, 4.69) is 10.3 Å². The van der Waals surface area contributed by atoms with Crippen molar-refractivity contribution in [3.05, 3.63) is 35.7 Å². The number of carbonyl (C=O) groups excluding carboxylic acids is 2. The molecule has 0 aliphatic carbocycles. The molecule has 0 spiro atoms. The Morgan fingerprint density at radius 2 is 2.00 bits per heavy atom. The summed E-state index contributed by atoms with van der Waals surface area (Å²) in [5, 5.41) is 5.32. The number of rotatable bonds is 4. The minimum absolute atomic E-state index is 0.232. The summed E-state index contributed by atoms with van der Waals surface area (Å²) >= 11 is 1.42. The Labute approximate surface area is 133 Å². The van der Waals surface area contributed by atoms with Gasteiger partial charge in [0.2, 0.25) is 0 Å². The van der Waals surface area contributed by atoms with Crippen molar-refractivity contribution in [2.45, 2.75) is 32.2 Å². The predicted molar refractivity (Wildman–Crippen MR) is 86.9 cm³/mol. The van der Waals surface area contributed by atoms with Crippen molar-refractivity contribution in [3.8, 4) is 10.6 Å². The van der Waals surface area contributed by atoms with E-state index in [1.165, 1.54) is 11.3 Å². The minimum Gasteiger partial charge on any atom is -0.323 e. The first-order valence-electron chi connectivity index (χ1n) is 7.23. The molecule has 2 aromatic rings. The number of amides is 3. The van der Waals surface area contributed by atoms with Crippen molar-refractivity contribution < 1.29 is 9.59 Å². The van der Waals surface area contributed by atoms with Gasteiger partial charge in [0.25, 0.3) is 5.91 Å². The first kappa shape index (κ1) is 14.7. The van der Waals surface area contributed by atoms with E-state index in [4.69, 9.17) is 0 Å². The summed E-state index contributed by atoms with van der Waals surface area (Å²) in [5.74, 6) is 0.162. The summed E-state index contributed by atoms with van der Waals surface area (Å²) in [7, 11) is 0. The normalized spacial score (nSPS) is 21.3. The lowest BCUT2D eigenvalue weighted by Gasteiger charge is -2.19. The molecule has 1 fully saturated rings. The molecule has 22 heavy (non-hydrogen) atoms. The van der Waals surface area contributed by atoms with Crippen molar-refractivity contribution in [1.29, 1.82) is 0 Å². The maximum absolute atomic E-state index is 12.6. The second-order valence-electron chi connectivity index (χ2n) is 5.53. The maximum atomic E-state index is 12.6. The molecule has 114 valence electrons. The van der Waals surface area contributed by atoms with Gasteiger partial charge in [0.15, 0.2) is 5.82 Å². The Balaban J connectivity index is 1.91. The third-order valence-electron chi connectivity index (χ3n) is 3.75. The van der Waals surface area contributed by atoms with Crippen molar-refractivity contribution in [1.82, 2.24) is 10.3 Å². The lowest BCUT2D eigenvalue weighted by atomic mass is 9.96. The van der Waals surface area contributed by atoms with E-state index in [1.54, 1.807) is 12.3 Å². The minimum atomic E-state index is -0.831. The molecule has 5 nitrogen and oxygen atoms in total. The van der Waals surface area contributed by atoms with Gasteiger partial charge in [0.05, 0.1) is 0 Å². The molecule has 3 rings (SSSR count). The molecule has 1 atom stereocenters. The second kappa shape index (κ2) is 5.53. The Hall–Kier alpha value is -2.21. The summed E-state index contributed by atoms with van der Waals surface area (Å²) in [5.41, 5.74) is 0.143. The van der Waals surface area contributed by atoms with Crippen LogP contribution in [0.1, 0.15) is 26.7 Å². The first-order valence-corrected chi connectivity index (χ1v) is 8.11. The molecule has 0 unspecified atom stereocenters. The number of hydrogen-bond acceptors (Lipinski definition) is 4. The van der Waals surface area contributed by atoms with Gasteiger partial charge in [-0.25, -0.2) is 14.7 Å². The van der Waals surface area contributed by atoms with Crippen LogP contribution in [0.3, 0.4) is 0 Å². The van der Waals surface area contributed by atoms with Gasteiger partial charge in [-0.05, 0) is 13.3 Å². The van der Waals surface area contributed by atoms with E-state index in [0.717, 1.165) is 21.9 Å². The monoisotopic (exact) mass is 315 g/mol. The summed E-state index contributed by atoms with van der Waals surface area (Å²) in [6.07, 6.45) is 1.44. The SMILES string of the molecule is CCC[C@@]1(C)NC(=O)N(c2csc(-c3ccccc3)n2)C1=O. The number of imide groups is 1. The number of urea groups is 1. The summed E-state index contributed by atoms with van der Waals surface area (Å²) in [6, 6.07) is 9.31. The van der Waals surface area contributed by atoms with Gasteiger partial charge in [-0.3, -0.25) is 4.79 Å². The first-order chi connectivity index (χ1) is 10.5. The third kappa shape index (κ3) is 2.39. The standard InChI is InChI=1S/C16H17N3O2S/c1-3-9-16(2)14(20)19(15(21)18-16)12-10-22-13(17-12)11-7-5-4-6-8-11/h4-8,10H,3,9H2,1-2H3,(H,18,21)/t16-/m1/s1. The van der Waals surface area contributed by atoms with Crippen molar-refractivity contribution >= 4 is 29.1 Å². The molecule has 0 saturated carbocycles. The third-order valence-corrected chi connectivity index (χ3v) is 4.63. The fourth-order valence-corrected chi connectivity index (χ4v) is 3.44. The van der Waals surface area contributed by atoms with Crippen LogP contribution in [0.25, 0.3) is 10.6 Å². The van der Waals surface area contributed by atoms with Gasteiger partial charge < -0.3 is 5.32 Å². The van der Waals surface area contributed by atoms with Crippen LogP contribution in [0.2, 0.25) is 0 Å². The van der Waals surface area contributed by atoms with E-state index < -0.39 is 11.6 Å². The number of aromatic nitrogens is 1. The molecule has 1 aromatic heterocycles. The lowest BCUT2D eigenvalue weighted by Crippen LogP contribution is -2.43. The van der Waals surface area contributed by atoms with Crippen molar-refractivity contribution in [3.63, 3.8) is 0 Å². The van der Waals surface area contributed by atoms with Crippen molar-refractivity contribution in [2.24, 2.45) is 0 Å². The van der Waals surface area contributed by atoms with Crippen molar-refractivity contribution in [2.75, 3.05) is 4.90 Å². The van der Waals surface area contributed by atoms with Crippen LogP contribution >= 0.6 is 11.3 Å². The van der Waals surface area contributed by atoms with Gasteiger partial charge in [-0.2, -0.15) is 0 Å². The van der Waals surface area contributed by atoms with Gasteiger partial charge >= 0.3 is 6.03 Å². The van der Waals surface area contributed by atoms with Gasteiger partial charge in [-0.15, -0.1) is 11.3 Å². The van der Waals surface area contributed by atoms with Crippen LogP contribution in [0.4, 0.5) is 10.6 Å². The fraction of sp³-hybridized carbons (Fsp3) is 0.312. The molecule has 1 aromatic carbocycles. The van der Waals surface area contributed by atoms with Crippen LogP contribution in [0.15, 0.2) is 35.7 Å². The Morgan fingerprint density at radius 3 is 2.68 bits per heavy atom. The largest absolute Gasteiger partial charge is 0.330 e. The lowest BCUT2D eigenvalue weighted by molar-refractivity contribution is -0.121. The van der Waals surface area contributed by atoms with Crippen LogP contribution in [0, 0.1) is 0 Å². The highest BCUT2D eigenvalue weighted by Crippen LogP contribution is 2.32. The zero-order valence-electron chi connectivity index (χ0n) is 12.5. The van der Waals surface area contributed by atoms with Crippen LogP contribution in [-0.4, -0.2) is 22.5 Å². The van der Waals surface area contributed by atoms with E-state index in [-0.39, 0.29) is 5.91 Å². The molecule has 1 aliphatic rings. The summed E-state index contributed by atoms with van der Waals surface area (Å²) in [6.45, 7) is 3.75. The number of hydrogen-bond donors (Lipinski definition) is 1. The predicted octanol–water partition coefficient (Wildman–Crippen LogP) is 3.43. The van der Waals surface area contributed by atoms with Gasteiger partial charge in [0, 0.05) is 10.9 Å². The molecule has 1 aliphatic heterocycles. The molecule has 0 radical (unpaired) electrons.